The second-order valence-corrected chi connectivity index (χ2v) is 6.89. The Morgan fingerprint density at radius 1 is 1.04 bits per heavy atom. The number of terminal acetylenes is 1. The molecule has 9 nitrogen and oxygen atoms in total. The molecule has 0 aromatic carbocycles. The summed E-state index contributed by atoms with van der Waals surface area (Å²) in [5.41, 5.74) is 0. The number of likely N-dealkylation sites (N-methyl/N-ethyl adjacent to an activating group) is 1. The first-order valence-electron chi connectivity index (χ1n) is 8.56. The van der Waals surface area contributed by atoms with Crippen LogP contribution in [0.1, 0.15) is 20.8 Å². The second kappa shape index (κ2) is 10.3. The molecule has 0 saturated carbocycles. The summed E-state index contributed by atoms with van der Waals surface area (Å²) in [4.78, 5) is 34.3. The van der Waals surface area contributed by atoms with E-state index in [9.17, 15) is 14.4 Å². The highest BCUT2D eigenvalue weighted by atomic mass is 16.7. The molecule has 0 spiro atoms. The third kappa shape index (κ3) is 7.95. The van der Waals surface area contributed by atoms with E-state index in [-0.39, 0.29) is 13.2 Å². The molecule has 9 heteroatoms. The van der Waals surface area contributed by atoms with Crippen molar-refractivity contribution in [2.45, 2.75) is 45.4 Å². The summed E-state index contributed by atoms with van der Waals surface area (Å²) in [6, 6.07) is 0. The van der Waals surface area contributed by atoms with Crippen LogP contribution in [-0.2, 0) is 38.1 Å². The van der Waals surface area contributed by atoms with Crippen LogP contribution in [0.5, 0.6) is 0 Å². The van der Waals surface area contributed by atoms with E-state index in [0.717, 1.165) is 0 Å². The average molecular weight is 386 g/mol. The van der Waals surface area contributed by atoms with Gasteiger partial charge in [0.05, 0.1) is 27.3 Å². The van der Waals surface area contributed by atoms with E-state index in [4.69, 9.17) is 30.1 Å². The van der Waals surface area contributed by atoms with Crippen molar-refractivity contribution < 1.29 is 42.6 Å². The molecular formula is C18H28NO8+. The Balaban J connectivity index is 2.89. The molecule has 27 heavy (non-hydrogen) atoms. The average Bonchev–Trinajstić information content (AvgIpc) is 2.50. The first-order valence-corrected chi connectivity index (χ1v) is 8.56. The predicted molar refractivity (Wildman–Crippen MR) is 93.0 cm³/mol. The van der Waals surface area contributed by atoms with Gasteiger partial charge in [-0.3, -0.25) is 14.4 Å². The van der Waals surface area contributed by atoms with Crippen molar-refractivity contribution in [3.63, 3.8) is 0 Å². The van der Waals surface area contributed by atoms with Crippen molar-refractivity contribution >= 4 is 17.9 Å². The molecule has 0 aromatic heterocycles. The lowest BCUT2D eigenvalue weighted by atomic mass is 10.0. The monoisotopic (exact) mass is 386 g/mol. The number of quaternary nitrogens is 1. The minimum absolute atomic E-state index is 0.0669. The number of nitrogens with zero attached hydrogens (tertiary/aromatic N) is 1. The summed E-state index contributed by atoms with van der Waals surface area (Å²) < 4.78 is 27.5. The van der Waals surface area contributed by atoms with Crippen molar-refractivity contribution in [3.8, 4) is 12.3 Å². The van der Waals surface area contributed by atoms with Gasteiger partial charge in [-0.25, -0.2) is 0 Å². The van der Waals surface area contributed by atoms with Gasteiger partial charge >= 0.3 is 17.9 Å². The van der Waals surface area contributed by atoms with Gasteiger partial charge in [0, 0.05) is 20.8 Å². The Labute approximate surface area is 159 Å². The molecule has 1 saturated heterocycles. The smallest absolute Gasteiger partial charge is 0.303 e. The third-order valence-corrected chi connectivity index (χ3v) is 3.80. The first kappa shape index (κ1) is 22.9. The van der Waals surface area contributed by atoms with Gasteiger partial charge in [0.15, 0.2) is 24.6 Å². The number of carbonyl (C=O) groups excluding carboxylic acids is 3. The summed E-state index contributed by atoms with van der Waals surface area (Å²) >= 11 is 0. The molecular weight excluding hydrogens is 358 g/mol. The van der Waals surface area contributed by atoms with E-state index in [1.54, 1.807) is 0 Å². The molecule has 0 unspecified atom stereocenters. The maximum Gasteiger partial charge on any atom is 0.303 e. The van der Waals surface area contributed by atoms with Crippen molar-refractivity contribution in [1.82, 2.24) is 0 Å². The van der Waals surface area contributed by atoms with Crippen LogP contribution in [0.2, 0.25) is 0 Å². The lowest BCUT2D eigenvalue weighted by Gasteiger charge is -2.40. The second-order valence-electron chi connectivity index (χ2n) is 6.89. The zero-order chi connectivity index (χ0) is 20.6. The predicted octanol–water partition coefficient (Wildman–Crippen LogP) is -0.136. The van der Waals surface area contributed by atoms with E-state index < -0.39 is 42.5 Å². The van der Waals surface area contributed by atoms with E-state index in [0.29, 0.717) is 17.6 Å². The molecule has 1 aliphatic heterocycles. The molecule has 0 amide bonds. The Kier molecular flexibility index (Phi) is 8.69. The molecule has 0 N–H and O–H groups in total. The van der Waals surface area contributed by atoms with Crippen LogP contribution in [-0.4, -0.2) is 87.4 Å². The lowest BCUT2D eigenvalue weighted by Crippen LogP contribution is -2.58. The first-order chi connectivity index (χ1) is 12.6. The standard InChI is InChI=1S/C18H28NO8/c1-7-8-19(5,6)9-10-23-18-17(27-14(4)22)16(26-13(3)21)15(11-24-18)25-12(2)20/h1,15-18H,8-11H2,2-6H3/q+1/t15-,16+,17-,18-/m1/s1. The zero-order valence-corrected chi connectivity index (χ0v) is 16.4. The highest BCUT2D eigenvalue weighted by Gasteiger charge is 2.47. The highest BCUT2D eigenvalue weighted by Crippen LogP contribution is 2.25. The topological polar surface area (TPSA) is 97.4 Å². The minimum atomic E-state index is -1.08. The number of hydrogen-bond donors (Lipinski definition) is 0. The number of hydrogen-bond acceptors (Lipinski definition) is 8. The third-order valence-electron chi connectivity index (χ3n) is 3.80. The molecule has 1 rings (SSSR count). The van der Waals surface area contributed by atoms with Crippen molar-refractivity contribution in [2.24, 2.45) is 0 Å². The number of ether oxygens (including phenoxy) is 5. The van der Waals surface area contributed by atoms with E-state index in [1.165, 1.54) is 20.8 Å². The fourth-order valence-electron chi connectivity index (χ4n) is 2.59. The normalized spacial score (nSPS) is 25.2. The molecule has 1 fully saturated rings. The minimum Gasteiger partial charge on any atom is -0.456 e. The van der Waals surface area contributed by atoms with Crippen LogP contribution in [0, 0.1) is 12.3 Å². The van der Waals surface area contributed by atoms with Crippen molar-refractivity contribution in [1.29, 1.82) is 0 Å². The number of esters is 3. The van der Waals surface area contributed by atoms with Gasteiger partial charge in [0.1, 0.15) is 13.1 Å². The van der Waals surface area contributed by atoms with Gasteiger partial charge in [-0.1, -0.05) is 0 Å². The van der Waals surface area contributed by atoms with Gasteiger partial charge in [-0.05, 0) is 5.92 Å². The fourth-order valence-corrected chi connectivity index (χ4v) is 2.59. The molecule has 0 bridgehead atoms. The zero-order valence-electron chi connectivity index (χ0n) is 16.4. The van der Waals surface area contributed by atoms with Crippen LogP contribution in [0.3, 0.4) is 0 Å². The van der Waals surface area contributed by atoms with Gasteiger partial charge in [-0.15, -0.1) is 6.42 Å². The van der Waals surface area contributed by atoms with Crippen molar-refractivity contribution in [2.75, 3.05) is 40.4 Å². The quantitative estimate of drug-likeness (QED) is 0.246. The Morgan fingerprint density at radius 3 is 2.11 bits per heavy atom. The molecule has 0 radical (unpaired) electrons. The van der Waals surface area contributed by atoms with Gasteiger partial charge in [0.25, 0.3) is 0 Å². The number of rotatable bonds is 8. The molecule has 0 aliphatic carbocycles. The van der Waals surface area contributed by atoms with Gasteiger partial charge in [0.2, 0.25) is 0 Å². The van der Waals surface area contributed by atoms with Crippen LogP contribution in [0.15, 0.2) is 0 Å². The van der Waals surface area contributed by atoms with E-state index >= 15 is 0 Å². The maximum absolute atomic E-state index is 11.5. The molecule has 1 heterocycles. The fraction of sp³-hybridized carbons (Fsp3) is 0.722. The largest absolute Gasteiger partial charge is 0.456 e. The molecule has 152 valence electrons. The van der Waals surface area contributed by atoms with E-state index in [2.05, 4.69) is 5.92 Å². The van der Waals surface area contributed by atoms with Gasteiger partial charge in [-0.2, -0.15) is 0 Å². The summed E-state index contributed by atoms with van der Waals surface area (Å²) in [5.74, 6) is 0.801. The van der Waals surface area contributed by atoms with Crippen LogP contribution < -0.4 is 0 Å². The molecule has 4 atom stereocenters. The summed E-state index contributed by atoms with van der Waals surface area (Å²) in [5, 5.41) is 0. The van der Waals surface area contributed by atoms with Crippen LogP contribution in [0.25, 0.3) is 0 Å². The lowest BCUT2D eigenvalue weighted by molar-refractivity contribution is -0.883. The summed E-state index contributed by atoms with van der Waals surface area (Å²) in [6.45, 7) is 4.95. The summed E-state index contributed by atoms with van der Waals surface area (Å²) in [6.07, 6.45) is 1.34. The Hall–Kier alpha value is -2.15. The number of carbonyl (C=O) groups is 3. The van der Waals surface area contributed by atoms with Crippen molar-refractivity contribution in [3.05, 3.63) is 0 Å². The summed E-state index contributed by atoms with van der Waals surface area (Å²) in [7, 11) is 3.90. The highest BCUT2D eigenvalue weighted by molar-refractivity contribution is 5.68. The Morgan fingerprint density at radius 2 is 1.59 bits per heavy atom. The van der Waals surface area contributed by atoms with Gasteiger partial charge < -0.3 is 28.2 Å². The van der Waals surface area contributed by atoms with Crippen LogP contribution in [0.4, 0.5) is 0 Å². The molecule has 0 aromatic rings. The maximum atomic E-state index is 11.5. The Bertz CT molecular complexity index is 582. The van der Waals surface area contributed by atoms with E-state index in [1.807, 2.05) is 14.1 Å². The molecule has 1 aliphatic rings. The van der Waals surface area contributed by atoms with Crippen LogP contribution >= 0.6 is 0 Å². The SMILES string of the molecule is C#CC[N+](C)(C)CCO[C@@H]1OC[C@@H](OC(C)=O)[C@H](OC(C)=O)[C@H]1OC(C)=O.